The molecule has 0 aliphatic rings. The van der Waals surface area contributed by atoms with E-state index in [1.54, 1.807) is 47.3 Å². The molecule has 3 aromatic heterocycles. The average Bonchev–Trinajstić information content (AvgIpc) is 3.17. The van der Waals surface area contributed by atoms with Gasteiger partial charge in [0.25, 0.3) is 0 Å². The minimum atomic E-state index is -0.953. The molecule has 0 unspecified atom stereocenters. The quantitative estimate of drug-likeness (QED) is 0.280. The molecule has 0 amide bonds. The summed E-state index contributed by atoms with van der Waals surface area (Å²) in [5, 5.41) is 13.3. The van der Waals surface area contributed by atoms with E-state index in [0.717, 1.165) is 11.8 Å². The predicted octanol–water partition coefficient (Wildman–Crippen LogP) is 3.67. The summed E-state index contributed by atoms with van der Waals surface area (Å²) in [7, 11) is 0. The van der Waals surface area contributed by atoms with E-state index in [1.165, 1.54) is 0 Å². The van der Waals surface area contributed by atoms with Gasteiger partial charge in [-0.15, -0.1) is 12.1 Å². The summed E-state index contributed by atoms with van der Waals surface area (Å²) in [6, 6.07) is 20.6. The SMILES string of the molecule is N#Cc1c[c-]c(-n2ccc(Cc3cccc(-c4[c-]cc(F)nc4F)n3)n2)cc1.[Pt+2]. The van der Waals surface area contributed by atoms with Gasteiger partial charge in [-0.3, -0.25) is 9.67 Å². The molecule has 0 N–H and O–H groups in total. The van der Waals surface area contributed by atoms with Gasteiger partial charge >= 0.3 is 21.1 Å². The fraction of sp³-hybridized carbons (Fsp3) is 0.0476. The molecule has 0 atom stereocenters. The molecule has 0 saturated carbocycles. The Labute approximate surface area is 179 Å². The van der Waals surface area contributed by atoms with Gasteiger partial charge in [-0.25, -0.2) is 14.0 Å². The summed E-state index contributed by atoms with van der Waals surface area (Å²) < 4.78 is 28.5. The molecule has 8 heteroatoms. The van der Waals surface area contributed by atoms with Crippen molar-refractivity contribution in [3.63, 3.8) is 0 Å². The number of hydrogen-bond acceptors (Lipinski definition) is 4. The maximum atomic E-state index is 13.9. The van der Waals surface area contributed by atoms with Gasteiger partial charge in [-0.1, -0.05) is 29.3 Å². The first-order valence-electron chi connectivity index (χ1n) is 8.29. The van der Waals surface area contributed by atoms with Crippen molar-refractivity contribution >= 4 is 0 Å². The zero-order valence-corrected chi connectivity index (χ0v) is 17.0. The van der Waals surface area contributed by atoms with Crippen LogP contribution in [0.1, 0.15) is 17.0 Å². The van der Waals surface area contributed by atoms with Crippen molar-refractivity contribution < 1.29 is 29.8 Å². The third-order valence-electron chi connectivity index (χ3n) is 3.99. The van der Waals surface area contributed by atoms with Gasteiger partial charge < -0.3 is 4.98 Å². The Morgan fingerprint density at radius 2 is 1.86 bits per heavy atom. The zero-order valence-electron chi connectivity index (χ0n) is 14.7. The maximum Gasteiger partial charge on any atom is 2.00 e. The zero-order chi connectivity index (χ0) is 19.5. The van der Waals surface area contributed by atoms with E-state index < -0.39 is 11.9 Å². The summed E-state index contributed by atoms with van der Waals surface area (Å²) in [6.45, 7) is 0. The van der Waals surface area contributed by atoms with Gasteiger partial charge in [0.15, 0.2) is 0 Å². The van der Waals surface area contributed by atoms with E-state index in [2.05, 4.69) is 27.2 Å². The Hall–Kier alpha value is -3.23. The largest absolute Gasteiger partial charge is 2.00 e. The topological polar surface area (TPSA) is 67.4 Å². The van der Waals surface area contributed by atoms with Crippen molar-refractivity contribution in [2.24, 2.45) is 0 Å². The van der Waals surface area contributed by atoms with E-state index >= 15 is 0 Å². The van der Waals surface area contributed by atoms with Gasteiger partial charge in [-0.2, -0.15) is 23.3 Å². The van der Waals surface area contributed by atoms with E-state index in [4.69, 9.17) is 5.26 Å². The van der Waals surface area contributed by atoms with Gasteiger partial charge in [-0.05, 0) is 23.5 Å². The number of rotatable bonds is 4. The standard InChI is InChI=1S/C21H11F2N5.Pt/c22-20-9-8-18(21(23)26-20)19-3-1-2-15(25-19)12-16-10-11-28(27-16)17-6-4-14(13-24)5-7-17;/h1-6,9-11H,12H2;/q-2;+2. The normalized spacial score (nSPS) is 10.2. The number of aromatic nitrogens is 4. The molecule has 0 saturated heterocycles. The van der Waals surface area contributed by atoms with Gasteiger partial charge in [0.05, 0.1) is 5.69 Å². The van der Waals surface area contributed by atoms with E-state index in [0.29, 0.717) is 29.1 Å². The molecular weight excluding hydrogens is 555 g/mol. The molecule has 4 rings (SSSR count). The Morgan fingerprint density at radius 3 is 2.59 bits per heavy atom. The number of hydrogen-bond donors (Lipinski definition) is 0. The average molecular weight is 566 g/mol. The first-order valence-corrected chi connectivity index (χ1v) is 8.29. The van der Waals surface area contributed by atoms with Crippen LogP contribution in [-0.2, 0) is 27.5 Å². The molecule has 5 nitrogen and oxygen atoms in total. The van der Waals surface area contributed by atoms with Gasteiger partial charge in [0.2, 0.25) is 0 Å². The van der Waals surface area contributed by atoms with Crippen LogP contribution in [0.4, 0.5) is 8.78 Å². The monoisotopic (exact) mass is 566 g/mol. The van der Waals surface area contributed by atoms with Crippen molar-refractivity contribution in [1.82, 2.24) is 19.7 Å². The van der Waals surface area contributed by atoms with Crippen LogP contribution in [0.3, 0.4) is 0 Å². The number of nitrogens with zero attached hydrogens (tertiary/aromatic N) is 5. The molecular formula is C21H11F2N5Pt. The molecule has 0 radical (unpaired) electrons. The van der Waals surface area contributed by atoms with Gasteiger partial charge in [0, 0.05) is 24.4 Å². The van der Waals surface area contributed by atoms with Crippen molar-refractivity contribution in [3.8, 4) is 23.0 Å². The second kappa shape index (κ2) is 8.85. The van der Waals surface area contributed by atoms with E-state index in [-0.39, 0.29) is 26.6 Å². The van der Waals surface area contributed by atoms with Gasteiger partial charge in [0.1, 0.15) is 11.9 Å². The predicted molar refractivity (Wildman–Crippen MR) is 96.1 cm³/mol. The second-order valence-corrected chi connectivity index (χ2v) is 5.91. The Kier molecular flexibility index (Phi) is 6.25. The number of pyridine rings is 2. The molecule has 3 heterocycles. The fourth-order valence-corrected chi connectivity index (χ4v) is 2.67. The summed E-state index contributed by atoms with van der Waals surface area (Å²) in [5.74, 6) is -1.88. The Bertz CT molecular complexity index is 1180. The number of benzene rings is 1. The first-order chi connectivity index (χ1) is 13.6. The molecule has 0 bridgehead atoms. The van der Waals surface area contributed by atoms with E-state index in [9.17, 15) is 8.78 Å². The molecule has 4 aromatic rings. The number of nitriles is 1. The summed E-state index contributed by atoms with van der Waals surface area (Å²) >= 11 is 0. The maximum absolute atomic E-state index is 13.9. The molecule has 0 aliphatic heterocycles. The molecule has 1 aromatic carbocycles. The Morgan fingerprint density at radius 1 is 1.00 bits per heavy atom. The van der Waals surface area contributed by atoms with Crippen LogP contribution < -0.4 is 0 Å². The van der Waals surface area contributed by atoms with Crippen LogP contribution in [0.15, 0.2) is 54.7 Å². The molecule has 0 aliphatic carbocycles. The summed E-state index contributed by atoms with van der Waals surface area (Å²) in [4.78, 5) is 7.58. The van der Waals surface area contributed by atoms with Crippen molar-refractivity contribution in [2.75, 3.05) is 0 Å². The number of halogens is 2. The minimum Gasteiger partial charge on any atom is -0.301 e. The summed E-state index contributed by atoms with van der Waals surface area (Å²) in [6.07, 6.45) is 2.21. The fourth-order valence-electron chi connectivity index (χ4n) is 2.67. The smallest absolute Gasteiger partial charge is 0.301 e. The third-order valence-corrected chi connectivity index (χ3v) is 3.99. The minimum absolute atomic E-state index is 0. The van der Waals surface area contributed by atoms with Crippen LogP contribution in [0, 0.1) is 35.4 Å². The molecule has 29 heavy (non-hydrogen) atoms. The van der Waals surface area contributed by atoms with Crippen LogP contribution in [0.2, 0.25) is 0 Å². The Balaban J connectivity index is 0.00000240. The van der Waals surface area contributed by atoms with Crippen molar-refractivity contribution in [1.29, 1.82) is 5.26 Å². The van der Waals surface area contributed by atoms with Crippen LogP contribution in [0.5, 0.6) is 0 Å². The first kappa shape index (κ1) is 20.5. The summed E-state index contributed by atoms with van der Waals surface area (Å²) in [5.41, 5.74) is 2.99. The van der Waals surface area contributed by atoms with Crippen LogP contribution >= 0.6 is 0 Å². The van der Waals surface area contributed by atoms with Crippen LogP contribution in [-0.4, -0.2) is 19.7 Å². The molecule has 0 spiro atoms. The third kappa shape index (κ3) is 4.61. The van der Waals surface area contributed by atoms with Crippen molar-refractivity contribution in [3.05, 3.63) is 95.7 Å². The van der Waals surface area contributed by atoms with Crippen LogP contribution in [0.25, 0.3) is 16.9 Å². The molecule has 0 fully saturated rings. The molecule has 144 valence electrons. The van der Waals surface area contributed by atoms with E-state index in [1.807, 2.05) is 12.1 Å². The van der Waals surface area contributed by atoms with Crippen molar-refractivity contribution in [2.45, 2.75) is 6.42 Å². The second-order valence-electron chi connectivity index (χ2n) is 5.91.